The summed E-state index contributed by atoms with van der Waals surface area (Å²) in [5.41, 5.74) is 0. The first-order chi connectivity index (χ1) is 32.3. The number of rotatable bonds is 46. The third kappa shape index (κ3) is 36.0. The molecule has 1 saturated heterocycles. The van der Waals surface area contributed by atoms with E-state index in [2.05, 4.69) is 79.9 Å². The van der Waals surface area contributed by atoms with Crippen molar-refractivity contribution in [1.82, 2.24) is 5.32 Å². The van der Waals surface area contributed by atoms with Crippen LogP contribution in [0.4, 0.5) is 0 Å². The monoisotopic (exact) mass is 930 g/mol. The zero-order valence-corrected chi connectivity index (χ0v) is 42.4. The predicted molar refractivity (Wildman–Crippen MR) is 276 cm³/mol. The third-order valence-electron chi connectivity index (χ3n) is 12.9. The van der Waals surface area contributed by atoms with Gasteiger partial charge in [-0.25, -0.2) is 0 Å². The number of carbonyl (C=O) groups is 1. The molecule has 7 unspecified atom stereocenters. The van der Waals surface area contributed by atoms with Gasteiger partial charge >= 0.3 is 0 Å². The summed E-state index contributed by atoms with van der Waals surface area (Å²) in [5.74, 6) is -0.148. The lowest BCUT2D eigenvalue weighted by atomic mass is 9.99. The van der Waals surface area contributed by atoms with Gasteiger partial charge in [0.2, 0.25) is 5.91 Å². The zero-order valence-electron chi connectivity index (χ0n) is 42.4. The fraction of sp³-hybridized carbons (Fsp3) is 0.807. The van der Waals surface area contributed by atoms with E-state index in [1.54, 1.807) is 0 Å². The van der Waals surface area contributed by atoms with E-state index in [4.69, 9.17) is 9.47 Å². The van der Waals surface area contributed by atoms with Crippen LogP contribution in [0.5, 0.6) is 0 Å². The van der Waals surface area contributed by atoms with Gasteiger partial charge < -0.3 is 40.3 Å². The highest BCUT2D eigenvalue weighted by atomic mass is 16.7. The van der Waals surface area contributed by atoms with E-state index in [0.29, 0.717) is 12.8 Å². The summed E-state index contributed by atoms with van der Waals surface area (Å²) in [4.78, 5) is 13.1. The van der Waals surface area contributed by atoms with Crippen molar-refractivity contribution in [3.63, 3.8) is 0 Å². The zero-order chi connectivity index (χ0) is 48.0. The summed E-state index contributed by atoms with van der Waals surface area (Å²) in [7, 11) is 0. The minimum Gasteiger partial charge on any atom is -0.394 e. The number of hydrogen-bond donors (Lipinski definition) is 6. The van der Waals surface area contributed by atoms with E-state index in [0.717, 1.165) is 70.6 Å². The van der Waals surface area contributed by atoms with Crippen molar-refractivity contribution < 1.29 is 39.8 Å². The summed E-state index contributed by atoms with van der Waals surface area (Å²) in [6, 6.07) is -0.723. The molecule has 66 heavy (non-hydrogen) atoms. The van der Waals surface area contributed by atoms with Crippen molar-refractivity contribution in [3.8, 4) is 0 Å². The van der Waals surface area contributed by atoms with Crippen molar-refractivity contribution in [1.29, 1.82) is 0 Å². The van der Waals surface area contributed by atoms with Crippen molar-refractivity contribution in [2.75, 3.05) is 13.2 Å². The molecular weight excluding hydrogens is 827 g/mol. The van der Waals surface area contributed by atoms with Crippen LogP contribution in [0.3, 0.4) is 0 Å². The standard InChI is InChI=1S/C57H103NO8/c1-3-5-7-9-11-13-15-17-19-21-22-23-24-25-26-27-28-29-30-31-33-35-37-39-41-43-45-47-53(61)58-50(49-65-57-56(64)55(63)54(62)52(48-59)66-57)51(60)46-44-42-40-38-36-34-32-20-18-16-14-12-10-8-6-4-2/h5,7,11,13,17,19,22-23,25-26,50-52,54-57,59-60,62-64H,3-4,6,8-10,12,14-16,18,20-21,24,27-49H2,1-2H3,(H,58,61)/b7-5-,13-11-,19-17-,23-22-,26-25-. The summed E-state index contributed by atoms with van der Waals surface area (Å²) >= 11 is 0. The Hall–Kier alpha value is -2.11. The van der Waals surface area contributed by atoms with Gasteiger partial charge in [0.15, 0.2) is 6.29 Å². The highest BCUT2D eigenvalue weighted by Crippen LogP contribution is 2.23. The largest absolute Gasteiger partial charge is 0.394 e. The number of ether oxygens (including phenoxy) is 2. The molecule has 1 fully saturated rings. The van der Waals surface area contributed by atoms with E-state index in [-0.39, 0.29) is 12.5 Å². The lowest BCUT2D eigenvalue weighted by Gasteiger charge is -2.40. The minimum atomic E-state index is -1.56. The summed E-state index contributed by atoms with van der Waals surface area (Å²) in [5, 5.41) is 54.6. The van der Waals surface area contributed by atoms with Crippen LogP contribution in [-0.2, 0) is 14.3 Å². The Bertz CT molecular complexity index is 1220. The first-order valence-corrected chi connectivity index (χ1v) is 27.5. The van der Waals surface area contributed by atoms with Gasteiger partial charge in [-0.1, -0.05) is 235 Å². The summed E-state index contributed by atoms with van der Waals surface area (Å²) in [6.45, 7) is 3.73. The second-order valence-corrected chi connectivity index (χ2v) is 19.0. The summed E-state index contributed by atoms with van der Waals surface area (Å²) in [6.07, 6.45) is 55.2. The molecule has 0 aromatic rings. The van der Waals surface area contributed by atoms with Crippen LogP contribution in [0.25, 0.3) is 0 Å². The third-order valence-corrected chi connectivity index (χ3v) is 12.9. The van der Waals surface area contributed by atoms with Crippen LogP contribution < -0.4 is 5.32 Å². The number of allylic oxidation sites excluding steroid dienone is 10. The molecule has 6 N–H and O–H groups in total. The second kappa shape index (κ2) is 46.6. The fourth-order valence-electron chi connectivity index (χ4n) is 8.54. The smallest absolute Gasteiger partial charge is 0.220 e. The topological polar surface area (TPSA) is 149 Å². The quantitative estimate of drug-likeness (QED) is 0.0261. The molecule has 9 nitrogen and oxygen atoms in total. The van der Waals surface area contributed by atoms with Gasteiger partial charge in [-0.3, -0.25) is 4.79 Å². The molecule has 0 aliphatic carbocycles. The number of aliphatic hydroxyl groups is 5. The maximum absolute atomic E-state index is 13.1. The average molecular weight is 930 g/mol. The first-order valence-electron chi connectivity index (χ1n) is 27.5. The van der Waals surface area contributed by atoms with E-state index in [1.165, 1.54) is 141 Å². The fourth-order valence-corrected chi connectivity index (χ4v) is 8.54. The van der Waals surface area contributed by atoms with Crippen LogP contribution in [0, 0.1) is 0 Å². The van der Waals surface area contributed by atoms with Crippen LogP contribution in [0.15, 0.2) is 60.8 Å². The molecule has 0 spiro atoms. The van der Waals surface area contributed by atoms with Crippen molar-refractivity contribution in [2.45, 2.75) is 281 Å². The molecule has 1 aliphatic heterocycles. The highest BCUT2D eigenvalue weighted by Gasteiger charge is 2.44. The lowest BCUT2D eigenvalue weighted by Crippen LogP contribution is -2.60. The number of unbranched alkanes of at least 4 members (excludes halogenated alkanes) is 26. The molecule has 0 saturated carbocycles. The molecule has 9 heteroatoms. The molecular formula is C57H103NO8. The second-order valence-electron chi connectivity index (χ2n) is 19.0. The highest BCUT2D eigenvalue weighted by molar-refractivity contribution is 5.76. The van der Waals surface area contributed by atoms with Crippen LogP contribution >= 0.6 is 0 Å². The first kappa shape index (κ1) is 61.9. The molecule has 0 radical (unpaired) electrons. The van der Waals surface area contributed by atoms with Gasteiger partial charge in [0.25, 0.3) is 0 Å². The van der Waals surface area contributed by atoms with Gasteiger partial charge in [-0.05, 0) is 57.8 Å². The Kier molecular flexibility index (Phi) is 43.7. The van der Waals surface area contributed by atoms with Crippen molar-refractivity contribution in [3.05, 3.63) is 60.8 Å². The van der Waals surface area contributed by atoms with Crippen LogP contribution in [0.1, 0.15) is 239 Å². The molecule has 0 aromatic carbocycles. The van der Waals surface area contributed by atoms with Crippen molar-refractivity contribution >= 4 is 5.91 Å². The number of nitrogens with one attached hydrogen (secondary N) is 1. The lowest BCUT2D eigenvalue weighted by molar-refractivity contribution is -0.302. The molecule has 1 aliphatic rings. The maximum Gasteiger partial charge on any atom is 0.220 e. The predicted octanol–water partition coefficient (Wildman–Crippen LogP) is 13.1. The average Bonchev–Trinajstić information content (AvgIpc) is 3.32. The Labute approximate surface area is 405 Å². The van der Waals surface area contributed by atoms with E-state index >= 15 is 0 Å². The number of aliphatic hydroxyl groups excluding tert-OH is 5. The van der Waals surface area contributed by atoms with Crippen LogP contribution in [0.2, 0.25) is 0 Å². The Morgan fingerprint density at radius 2 is 0.939 bits per heavy atom. The van der Waals surface area contributed by atoms with Gasteiger partial charge in [0, 0.05) is 6.42 Å². The van der Waals surface area contributed by atoms with E-state index in [9.17, 15) is 30.3 Å². The molecule has 1 rings (SSSR count). The van der Waals surface area contributed by atoms with Gasteiger partial charge in [-0.2, -0.15) is 0 Å². The molecule has 1 amide bonds. The molecule has 384 valence electrons. The molecule has 0 bridgehead atoms. The summed E-state index contributed by atoms with van der Waals surface area (Å²) < 4.78 is 11.3. The number of hydrogen-bond acceptors (Lipinski definition) is 8. The minimum absolute atomic E-state index is 0.140. The Morgan fingerprint density at radius 3 is 1.39 bits per heavy atom. The van der Waals surface area contributed by atoms with Crippen LogP contribution in [-0.4, -0.2) is 87.5 Å². The van der Waals surface area contributed by atoms with Gasteiger partial charge in [-0.15, -0.1) is 0 Å². The van der Waals surface area contributed by atoms with Crippen molar-refractivity contribution in [2.24, 2.45) is 0 Å². The van der Waals surface area contributed by atoms with Gasteiger partial charge in [0.05, 0.1) is 25.4 Å². The van der Waals surface area contributed by atoms with E-state index < -0.39 is 49.5 Å². The van der Waals surface area contributed by atoms with Gasteiger partial charge in [0.1, 0.15) is 24.4 Å². The molecule has 0 aromatic heterocycles. The Morgan fingerprint density at radius 1 is 0.530 bits per heavy atom. The SMILES string of the molecule is CC/C=C\C/C=C\C/C=C\C/C=C\C/C=C\CCCCCCCCCCCCCC(=O)NC(COC1OC(CO)C(O)C(O)C1O)C(O)CCCCCCCCCCCCCCCCCC. The maximum atomic E-state index is 13.1. The normalized spacial score (nSPS) is 20.3. The Balaban J connectivity index is 2.21. The number of amides is 1. The number of carbonyl (C=O) groups excluding carboxylic acids is 1. The molecule has 7 atom stereocenters. The molecule has 1 heterocycles. The van der Waals surface area contributed by atoms with E-state index in [1.807, 2.05) is 0 Å².